The summed E-state index contributed by atoms with van der Waals surface area (Å²) in [7, 11) is 0. The lowest BCUT2D eigenvalue weighted by Gasteiger charge is -2.09. The fourth-order valence-corrected chi connectivity index (χ4v) is 1.34. The zero-order valence-corrected chi connectivity index (χ0v) is 8.29. The molecule has 0 aliphatic heterocycles. The molecule has 2 heteroatoms. The number of nitrogens with zero attached hydrogens (tertiary/aromatic N) is 1. The van der Waals surface area contributed by atoms with Crippen molar-refractivity contribution in [2.75, 3.05) is 6.61 Å². The number of benzene rings is 1. The largest absolute Gasteiger partial charge is 0.479 e. The van der Waals surface area contributed by atoms with E-state index >= 15 is 0 Å². The van der Waals surface area contributed by atoms with Crippen molar-refractivity contribution in [1.29, 1.82) is 5.26 Å². The predicted octanol–water partition coefficient (Wildman–Crippen LogP) is 2.19. The topological polar surface area (TPSA) is 33.0 Å². The SMILES string of the molecule is C#CCOc1c(C)cc(C)cc1C#N. The fraction of sp³-hybridized carbons (Fsp3) is 0.250. The maximum absolute atomic E-state index is 8.88. The first-order valence-corrected chi connectivity index (χ1v) is 4.26. The minimum absolute atomic E-state index is 0.193. The van der Waals surface area contributed by atoms with E-state index in [0.29, 0.717) is 11.3 Å². The number of terminal acetylenes is 1. The molecule has 0 amide bonds. The van der Waals surface area contributed by atoms with Crippen LogP contribution in [0.15, 0.2) is 12.1 Å². The number of nitriles is 1. The molecule has 0 unspecified atom stereocenters. The van der Waals surface area contributed by atoms with Gasteiger partial charge >= 0.3 is 0 Å². The molecule has 0 N–H and O–H groups in total. The van der Waals surface area contributed by atoms with Crippen molar-refractivity contribution in [3.8, 4) is 24.2 Å². The highest BCUT2D eigenvalue weighted by Crippen LogP contribution is 2.24. The van der Waals surface area contributed by atoms with E-state index in [1.54, 1.807) is 6.07 Å². The van der Waals surface area contributed by atoms with Gasteiger partial charge in [-0.2, -0.15) is 5.26 Å². The van der Waals surface area contributed by atoms with E-state index < -0.39 is 0 Å². The summed E-state index contributed by atoms with van der Waals surface area (Å²) in [6.45, 7) is 4.04. The molecule has 70 valence electrons. The van der Waals surface area contributed by atoms with Gasteiger partial charge in [0.15, 0.2) is 0 Å². The highest BCUT2D eigenvalue weighted by Gasteiger charge is 2.07. The van der Waals surface area contributed by atoms with Crippen LogP contribution in [0.5, 0.6) is 5.75 Å². The van der Waals surface area contributed by atoms with Gasteiger partial charge in [-0.25, -0.2) is 0 Å². The Kier molecular flexibility index (Phi) is 3.15. The first-order chi connectivity index (χ1) is 6.69. The summed E-state index contributed by atoms with van der Waals surface area (Å²) in [5.74, 6) is 2.97. The Labute approximate surface area is 84.1 Å². The fourth-order valence-electron chi connectivity index (χ4n) is 1.34. The summed E-state index contributed by atoms with van der Waals surface area (Å²) in [5, 5.41) is 8.88. The first-order valence-electron chi connectivity index (χ1n) is 4.26. The van der Waals surface area contributed by atoms with E-state index in [0.717, 1.165) is 11.1 Å². The zero-order valence-electron chi connectivity index (χ0n) is 8.29. The van der Waals surface area contributed by atoms with Crippen LogP contribution < -0.4 is 4.74 Å². The predicted molar refractivity (Wildman–Crippen MR) is 55.0 cm³/mol. The summed E-state index contributed by atoms with van der Waals surface area (Å²) in [6, 6.07) is 5.85. The van der Waals surface area contributed by atoms with Crippen LogP contribution in [0.25, 0.3) is 0 Å². The van der Waals surface area contributed by atoms with E-state index in [2.05, 4.69) is 12.0 Å². The van der Waals surface area contributed by atoms with Crippen LogP contribution in [0.4, 0.5) is 0 Å². The Morgan fingerprint density at radius 1 is 1.43 bits per heavy atom. The van der Waals surface area contributed by atoms with Crippen LogP contribution in [0.1, 0.15) is 16.7 Å². The molecule has 0 saturated heterocycles. The van der Waals surface area contributed by atoms with Gasteiger partial charge in [0.1, 0.15) is 18.4 Å². The number of ether oxygens (including phenoxy) is 1. The standard InChI is InChI=1S/C12H11NO/c1-4-5-14-12-10(3)6-9(2)7-11(12)8-13/h1,6-7H,5H2,2-3H3. The molecule has 0 aliphatic rings. The highest BCUT2D eigenvalue weighted by atomic mass is 16.5. The van der Waals surface area contributed by atoms with Gasteiger partial charge in [0, 0.05) is 0 Å². The quantitative estimate of drug-likeness (QED) is 0.661. The molecular weight excluding hydrogens is 174 g/mol. The van der Waals surface area contributed by atoms with Crippen molar-refractivity contribution in [1.82, 2.24) is 0 Å². The molecule has 0 bridgehead atoms. The highest BCUT2D eigenvalue weighted by molar-refractivity contribution is 5.50. The molecule has 0 spiro atoms. The van der Waals surface area contributed by atoms with Crippen molar-refractivity contribution >= 4 is 0 Å². The number of aryl methyl sites for hydroxylation is 2. The average Bonchev–Trinajstić information content (AvgIpc) is 2.15. The Balaban J connectivity index is 3.15. The van der Waals surface area contributed by atoms with Crippen LogP contribution in [-0.4, -0.2) is 6.61 Å². The smallest absolute Gasteiger partial charge is 0.148 e. The van der Waals surface area contributed by atoms with Crippen molar-refractivity contribution in [2.45, 2.75) is 13.8 Å². The Morgan fingerprint density at radius 2 is 2.14 bits per heavy atom. The Bertz CT molecular complexity index is 421. The second-order valence-electron chi connectivity index (χ2n) is 3.06. The molecule has 0 saturated carbocycles. The molecule has 0 heterocycles. The maximum Gasteiger partial charge on any atom is 0.148 e. The minimum atomic E-state index is 0.193. The lowest BCUT2D eigenvalue weighted by molar-refractivity contribution is 0.366. The van der Waals surface area contributed by atoms with Crippen LogP contribution in [0.2, 0.25) is 0 Å². The second kappa shape index (κ2) is 4.35. The van der Waals surface area contributed by atoms with Crippen LogP contribution in [0.3, 0.4) is 0 Å². The molecule has 0 atom stereocenters. The first kappa shape index (κ1) is 10.2. The van der Waals surface area contributed by atoms with Crippen molar-refractivity contribution < 1.29 is 4.74 Å². The van der Waals surface area contributed by atoms with E-state index in [9.17, 15) is 0 Å². The number of hydrogen-bond acceptors (Lipinski definition) is 2. The Morgan fingerprint density at radius 3 is 2.71 bits per heavy atom. The van der Waals surface area contributed by atoms with Crippen molar-refractivity contribution in [2.24, 2.45) is 0 Å². The maximum atomic E-state index is 8.88. The molecule has 0 radical (unpaired) electrons. The third-order valence-corrected chi connectivity index (χ3v) is 1.84. The number of rotatable bonds is 2. The molecule has 1 aromatic rings. The van der Waals surface area contributed by atoms with Crippen molar-refractivity contribution in [3.63, 3.8) is 0 Å². The van der Waals surface area contributed by atoms with E-state index in [4.69, 9.17) is 16.4 Å². The van der Waals surface area contributed by atoms with Gasteiger partial charge < -0.3 is 4.74 Å². The van der Waals surface area contributed by atoms with Gasteiger partial charge in [-0.15, -0.1) is 6.42 Å². The van der Waals surface area contributed by atoms with Crippen LogP contribution in [0, 0.1) is 37.5 Å². The van der Waals surface area contributed by atoms with Gasteiger partial charge in [-0.3, -0.25) is 0 Å². The van der Waals surface area contributed by atoms with Gasteiger partial charge in [-0.1, -0.05) is 12.0 Å². The number of hydrogen-bond donors (Lipinski definition) is 0. The van der Waals surface area contributed by atoms with Crippen LogP contribution >= 0.6 is 0 Å². The summed E-state index contributed by atoms with van der Waals surface area (Å²) in [5.41, 5.74) is 2.53. The molecule has 0 aliphatic carbocycles. The summed E-state index contributed by atoms with van der Waals surface area (Å²) in [4.78, 5) is 0. The monoisotopic (exact) mass is 185 g/mol. The minimum Gasteiger partial charge on any atom is -0.479 e. The molecule has 1 rings (SSSR count). The van der Waals surface area contributed by atoms with E-state index in [1.165, 1.54) is 0 Å². The van der Waals surface area contributed by atoms with E-state index in [1.807, 2.05) is 19.9 Å². The molecule has 14 heavy (non-hydrogen) atoms. The summed E-state index contributed by atoms with van der Waals surface area (Å²) < 4.78 is 5.30. The van der Waals surface area contributed by atoms with Crippen LogP contribution in [-0.2, 0) is 0 Å². The lowest BCUT2D eigenvalue weighted by atomic mass is 10.1. The van der Waals surface area contributed by atoms with Gasteiger partial charge in [-0.05, 0) is 31.0 Å². The third-order valence-electron chi connectivity index (χ3n) is 1.84. The lowest BCUT2D eigenvalue weighted by Crippen LogP contribution is -1.99. The van der Waals surface area contributed by atoms with E-state index in [-0.39, 0.29) is 6.61 Å². The molecular formula is C12H11NO. The van der Waals surface area contributed by atoms with Gasteiger partial charge in [0.05, 0.1) is 5.56 Å². The molecule has 2 nitrogen and oxygen atoms in total. The summed E-state index contributed by atoms with van der Waals surface area (Å²) in [6.07, 6.45) is 5.09. The molecule has 0 fully saturated rings. The molecule has 1 aromatic carbocycles. The Hall–Kier alpha value is -1.93. The van der Waals surface area contributed by atoms with Crippen molar-refractivity contribution in [3.05, 3.63) is 28.8 Å². The summed E-state index contributed by atoms with van der Waals surface area (Å²) >= 11 is 0. The normalized spacial score (nSPS) is 8.86. The average molecular weight is 185 g/mol. The second-order valence-corrected chi connectivity index (χ2v) is 3.06. The van der Waals surface area contributed by atoms with Gasteiger partial charge in [0.2, 0.25) is 0 Å². The third kappa shape index (κ3) is 2.06. The molecule has 0 aromatic heterocycles. The van der Waals surface area contributed by atoms with Gasteiger partial charge in [0.25, 0.3) is 0 Å². The zero-order chi connectivity index (χ0) is 10.6.